The van der Waals surface area contributed by atoms with Gasteiger partial charge in [-0.25, -0.2) is 0 Å². The number of aromatic nitrogens is 2. The zero-order valence-corrected chi connectivity index (χ0v) is 8.70. The molecule has 0 bridgehead atoms. The molecule has 0 radical (unpaired) electrons. The molecule has 0 spiro atoms. The van der Waals surface area contributed by atoms with Crippen LogP contribution < -0.4 is 0 Å². The predicted octanol–water partition coefficient (Wildman–Crippen LogP) is 2.89. The minimum Gasteiger partial charge on any atom is -0.264 e. The number of rotatable bonds is 2. The van der Waals surface area contributed by atoms with Gasteiger partial charge in [0.25, 0.3) is 0 Å². The van der Waals surface area contributed by atoms with Crippen molar-refractivity contribution in [1.82, 2.24) is 9.78 Å². The molecule has 0 N–H and O–H groups in total. The molecule has 0 saturated carbocycles. The number of aryl methyl sites for hydroxylation is 1. The van der Waals surface area contributed by atoms with Crippen LogP contribution in [-0.4, -0.2) is 9.78 Å². The molecular formula is C11H11ClN2. The maximum Gasteiger partial charge on any atom is 0.151 e. The Balaban J connectivity index is 2.23. The van der Waals surface area contributed by atoms with E-state index >= 15 is 0 Å². The van der Waals surface area contributed by atoms with Crippen molar-refractivity contribution < 1.29 is 0 Å². The summed E-state index contributed by atoms with van der Waals surface area (Å²) in [5, 5.41) is 4.74. The highest BCUT2D eigenvalue weighted by atomic mass is 35.5. The lowest BCUT2D eigenvalue weighted by Gasteiger charge is -2.03. The molecule has 0 aliphatic carbocycles. The van der Waals surface area contributed by atoms with E-state index in [1.165, 1.54) is 5.56 Å². The fourth-order valence-electron chi connectivity index (χ4n) is 1.39. The van der Waals surface area contributed by atoms with Crippen LogP contribution in [-0.2, 0) is 6.54 Å². The quantitative estimate of drug-likeness (QED) is 0.739. The van der Waals surface area contributed by atoms with E-state index < -0.39 is 0 Å². The van der Waals surface area contributed by atoms with Gasteiger partial charge in [0.15, 0.2) is 5.15 Å². The van der Waals surface area contributed by atoms with Crippen LogP contribution in [0.4, 0.5) is 0 Å². The number of nitrogens with zero attached hydrogens (tertiary/aromatic N) is 2. The van der Waals surface area contributed by atoms with E-state index in [0.29, 0.717) is 5.15 Å². The molecule has 0 amide bonds. The van der Waals surface area contributed by atoms with Crippen molar-refractivity contribution >= 4 is 11.6 Å². The Labute approximate surface area is 88.1 Å². The number of hydrogen-bond donors (Lipinski definition) is 0. The first-order chi connectivity index (χ1) is 6.75. The Kier molecular flexibility index (Phi) is 2.55. The second-order valence-electron chi connectivity index (χ2n) is 3.25. The third-order valence-corrected chi connectivity index (χ3v) is 2.31. The smallest absolute Gasteiger partial charge is 0.151 e. The first-order valence-corrected chi connectivity index (χ1v) is 4.87. The van der Waals surface area contributed by atoms with Crippen LogP contribution in [0.25, 0.3) is 0 Å². The molecule has 0 aliphatic heterocycles. The van der Waals surface area contributed by atoms with Gasteiger partial charge in [0.05, 0.1) is 6.54 Å². The van der Waals surface area contributed by atoms with Crippen molar-refractivity contribution in [2.75, 3.05) is 0 Å². The van der Waals surface area contributed by atoms with Gasteiger partial charge < -0.3 is 0 Å². The average Bonchev–Trinajstić information content (AvgIpc) is 2.47. The van der Waals surface area contributed by atoms with Crippen molar-refractivity contribution in [3.8, 4) is 0 Å². The normalized spacial score (nSPS) is 10.4. The third-order valence-electron chi connectivity index (χ3n) is 2.13. The molecule has 3 heteroatoms. The van der Waals surface area contributed by atoms with E-state index in [0.717, 1.165) is 12.2 Å². The van der Waals surface area contributed by atoms with Crippen LogP contribution in [0.5, 0.6) is 0 Å². The molecule has 2 rings (SSSR count). The van der Waals surface area contributed by atoms with Crippen LogP contribution in [0.1, 0.15) is 11.3 Å². The summed E-state index contributed by atoms with van der Waals surface area (Å²) in [5.41, 5.74) is 2.31. The molecule has 2 nitrogen and oxygen atoms in total. The molecule has 1 aromatic heterocycles. The molecule has 1 aromatic carbocycles. The summed E-state index contributed by atoms with van der Waals surface area (Å²) >= 11 is 5.80. The lowest BCUT2D eigenvalue weighted by Crippen LogP contribution is -2.03. The van der Waals surface area contributed by atoms with E-state index in [1.54, 1.807) is 0 Å². The largest absolute Gasteiger partial charge is 0.264 e. The molecule has 1 heterocycles. The van der Waals surface area contributed by atoms with Crippen molar-refractivity contribution in [1.29, 1.82) is 0 Å². The van der Waals surface area contributed by atoms with Crippen LogP contribution in [0.2, 0.25) is 5.15 Å². The van der Waals surface area contributed by atoms with Gasteiger partial charge in [-0.15, -0.1) is 0 Å². The monoisotopic (exact) mass is 206 g/mol. The molecular weight excluding hydrogens is 196 g/mol. The summed E-state index contributed by atoms with van der Waals surface area (Å²) in [4.78, 5) is 0. The van der Waals surface area contributed by atoms with E-state index in [4.69, 9.17) is 11.6 Å². The molecule has 0 fully saturated rings. The molecule has 14 heavy (non-hydrogen) atoms. The zero-order chi connectivity index (χ0) is 9.97. The predicted molar refractivity (Wildman–Crippen MR) is 57.5 cm³/mol. The Bertz CT molecular complexity index is 420. The van der Waals surface area contributed by atoms with Crippen molar-refractivity contribution in [3.63, 3.8) is 0 Å². The second-order valence-corrected chi connectivity index (χ2v) is 3.64. The second kappa shape index (κ2) is 3.84. The lowest BCUT2D eigenvalue weighted by molar-refractivity contribution is 0.665. The molecule has 0 atom stereocenters. The summed E-state index contributed by atoms with van der Waals surface area (Å²) in [5.74, 6) is 0. The van der Waals surface area contributed by atoms with Gasteiger partial charge in [0, 0.05) is 5.69 Å². The first kappa shape index (κ1) is 9.28. The minimum atomic E-state index is 0.554. The molecule has 2 aromatic rings. The molecule has 0 unspecified atom stereocenters. The van der Waals surface area contributed by atoms with Gasteiger partial charge in [-0.1, -0.05) is 41.9 Å². The number of hydrogen-bond acceptors (Lipinski definition) is 1. The van der Waals surface area contributed by atoms with E-state index in [-0.39, 0.29) is 0 Å². The van der Waals surface area contributed by atoms with Gasteiger partial charge in [-0.3, -0.25) is 4.68 Å². The van der Waals surface area contributed by atoms with Crippen LogP contribution in [0.15, 0.2) is 36.4 Å². The standard InChI is InChI=1S/C11H11ClN2/c1-9-7-11(12)13-14(9)8-10-5-3-2-4-6-10/h2-7H,8H2,1H3. The fourth-order valence-corrected chi connectivity index (χ4v) is 1.64. The number of benzene rings is 1. The third kappa shape index (κ3) is 1.96. The van der Waals surface area contributed by atoms with E-state index in [2.05, 4.69) is 17.2 Å². The fraction of sp³-hybridized carbons (Fsp3) is 0.182. The summed E-state index contributed by atoms with van der Waals surface area (Å²) in [6, 6.07) is 12.1. The van der Waals surface area contributed by atoms with E-state index in [9.17, 15) is 0 Å². The Morgan fingerprint density at radius 3 is 2.57 bits per heavy atom. The van der Waals surface area contributed by atoms with Gasteiger partial charge in [-0.05, 0) is 18.6 Å². The summed E-state index contributed by atoms with van der Waals surface area (Å²) in [7, 11) is 0. The van der Waals surface area contributed by atoms with Gasteiger partial charge >= 0.3 is 0 Å². The van der Waals surface area contributed by atoms with Gasteiger partial charge in [0.1, 0.15) is 0 Å². The molecule has 0 saturated heterocycles. The topological polar surface area (TPSA) is 17.8 Å². The molecule has 72 valence electrons. The highest BCUT2D eigenvalue weighted by Crippen LogP contribution is 2.10. The van der Waals surface area contributed by atoms with E-state index in [1.807, 2.05) is 35.9 Å². The zero-order valence-electron chi connectivity index (χ0n) is 7.94. The summed E-state index contributed by atoms with van der Waals surface area (Å²) in [6.07, 6.45) is 0. The van der Waals surface area contributed by atoms with Gasteiger partial charge in [-0.2, -0.15) is 5.10 Å². The Hall–Kier alpha value is -1.28. The van der Waals surface area contributed by atoms with Crippen molar-refractivity contribution in [2.24, 2.45) is 0 Å². The summed E-state index contributed by atoms with van der Waals surface area (Å²) in [6.45, 7) is 2.78. The van der Waals surface area contributed by atoms with Crippen LogP contribution in [0.3, 0.4) is 0 Å². The average molecular weight is 207 g/mol. The van der Waals surface area contributed by atoms with Crippen LogP contribution >= 0.6 is 11.6 Å². The maximum atomic E-state index is 5.80. The highest BCUT2D eigenvalue weighted by Gasteiger charge is 2.01. The maximum absolute atomic E-state index is 5.80. The summed E-state index contributed by atoms with van der Waals surface area (Å²) < 4.78 is 1.90. The van der Waals surface area contributed by atoms with Crippen molar-refractivity contribution in [3.05, 3.63) is 52.8 Å². The highest BCUT2D eigenvalue weighted by molar-refractivity contribution is 6.29. The Morgan fingerprint density at radius 2 is 2.00 bits per heavy atom. The van der Waals surface area contributed by atoms with Crippen molar-refractivity contribution in [2.45, 2.75) is 13.5 Å². The molecule has 0 aliphatic rings. The van der Waals surface area contributed by atoms with Crippen LogP contribution in [0, 0.1) is 6.92 Å². The van der Waals surface area contributed by atoms with Gasteiger partial charge in [0.2, 0.25) is 0 Å². The Morgan fingerprint density at radius 1 is 1.29 bits per heavy atom. The lowest BCUT2D eigenvalue weighted by atomic mass is 10.2. The first-order valence-electron chi connectivity index (χ1n) is 4.49. The minimum absolute atomic E-state index is 0.554. The number of halogens is 1. The SMILES string of the molecule is Cc1cc(Cl)nn1Cc1ccccc1.